The van der Waals surface area contributed by atoms with E-state index in [4.69, 9.17) is 9.84 Å². The summed E-state index contributed by atoms with van der Waals surface area (Å²) in [5.41, 5.74) is 0.903. The molecule has 0 saturated carbocycles. The van der Waals surface area contributed by atoms with Crippen LogP contribution in [0.4, 0.5) is 0 Å². The van der Waals surface area contributed by atoms with Crippen LogP contribution in [-0.2, 0) is 4.74 Å². The highest BCUT2D eigenvalue weighted by atomic mass is 32.2. The highest BCUT2D eigenvalue weighted by Gasteiger charge is 2.43. The number of imidazole rings is 1. The van der Waals surface area contributed by atoms with Crippen LogP contribution in [0.5, 0.6) is 0 Å². The fourth-order valence-corrected chi connectivity index (χ4v) is 2.46. The molecule has 3 heterocycles. The quantitative estimate of drug-likeness (QED) is 0.486. The molecule has 1 fully saturated rings. The Bertz CT molecular complexity index is 621. The van der Waals surface area contributed by atoms with Crippen molar-refractivity contribution in [2.24, 2.45) is 0 Å². The average molecular weight is 297 g/mol. The third kappa shape index (κ3) is 2.07. The molecule has 20 heavy (non-hydrogen) atoms. The summed E-state index contributed by atoms with van der Waals surface area (Å²) in [7, 11) is 0. The van der Waals surface area contributed by atoms with Gasteiger partial charge in [-0.3, -0.25) is 4.57 Å². The predicted molar refractivity (Wildman–Crippen MR) is 68.9 cm³/mol. The molecule has 3 rings (SSSR count). The minimum absolute atomic E-state index is 0.376. The normalized spacial score (nSPS) is 30.2. The van der Waals surface area contributed by atoms with Crippen molar-refractivity contribution >= 4 is 22.9 Å². The van der Waals surface area contributed by atoms with Crippen molar-refractivity contribution in [1.29, 1.82) is 0 Å². The second-order valence-electron chi connectivity index (χ2n) is 4.38. The lowest BCUT2D eigenvalue weighted by Gasteiger charge is -2.16. The van der Waals surface area contributed by atoms with Gasteiger partial charge in [0.2, 0.25) is 0 Å². The number of hydrogen-bond acceptors (Lipinski definition) is 8. The molecule has 3 N–H and O–H groups in total. The van der Waals surface area contributed by atoms with Gasteiger partial charge >= 0.3 is 0 Å². The molecule has 0 aliphatic carbocycles. The van der Waals surface area contributed by atoms with Crippen LogP contribution in [0.3, 0.4) is 0 Å². The zero-order valence-corrected chi connectivity index (χ0v) is 11.4. The Morgan fingerprint density at radius 2 is 2.25 bits per heavy atom. The highest BCUT2D eigenvalue weighted by Crippen LogP contribution is 2.31. The van der Waals surface area contributed by atoms with E-state index in [-0.39, 0.29) is 6.61 Å². The molecule has 2 aromatic rings. The van der Waals surface area contributed by atoms with Gasteiger partial charge in [-0.25, -0.2) is 15.0 Å². The Labute approximate surface area is 118 Å². The van der Waals surface area contributed by atoms with E-state index >= 15 is 0 Å². The van der Waals surface area contributed by atoms with E-state index < -0.39 is 24.5 Å². The maximum atomic E-state index is 10.0. The minimum Gasteiger partial charge on any atom is -0.394 e. The largest absolute Gasteiger partial charge is 0.394 e. The lowest BCUT2D eigenvalue weighted by atomic mass is 10.1. The Hall–Kier alpha value is -1.26. The first-order valence-electron chi connectivity index (χ1n) is 5.94. The molecule has 107 valence electrons. The summed E-state index contributed by atoms with van der Waals surface area (Å²) in [6.45, 7) is -0.376. The molecule has 2 aromatic heterocycles. The van der Waals surface area contributed by atoms with Gasteiger partial charge < -0.3 is 20.1 Å². The van der Waals surface area contributed by atoms with Crippen molar-refractivity contribution in [3.05, 3.63) is 12.5 Å². The Morgan fingerprint density at radius 1 is 1.45 bits per heavy atom. The van der Waals surface area contributed by atoms with Gasteiger partial charge in [0.25, 0.3) is 0 Å². The Kier molecular flexibility index (Phi) is 3.61. The van der Waals surface area contributed by atoms with Crippen molar-refractivity contribution < 1.29 is 20.1 Å². The van der Waals surface area contributed by atoms with Crippen LogP contribution in [0, 0.1) is 6.20 Å². The number of rotatable bonds is 3. The predicted octanol–water partition coefficient (Wildman–Crippen LogP) is -1.04. The van der Waals surface area contributed by atoms with E-state index in [0.29, 0.717) is 16.3 Å². The fourth-order valence-electron chi connectivity index (χ4n) is 2.15. The monoisotopic (exact) mass is 297 g/mol. The first kappa shape index (κ1) is 13.7. The first-order valence-corrected chi connectivity index (χ1v) is 7.17. The summed E-state index contributed by atoms with van der Waals surface area (Å²) in [5, 5.41) is 29.4. The van der Waals surface area contributed by atoms with Crippen molar-refractivity contribution in [1.82, 2.24) is 19.5 Å². The van der Waals surface area contributed by atoms with Gasteiger partial charge in [-0.05, 0) is 6.26 Å². The van der Waals surface area contributed by atoms with Crippen LogP contribution < -0.4 is 0 Å². The summed E-state index contributed by atoms with van der Waals surface area (Å²) in [5.74, 6) is 0. The smallest absolute Gasteiger partial charge is 0.190 e. The lowest BCUT2D eigenvalue weighted by molar-refractivity contribution is -0.0511. The van der Waals surface area contributed by atoms with Crippen LogP contribution in [-0.4, -0.2) is 66.0 Å². The molecule has 1 radical (unpaired) electrons. The van der Waals surface area contributed by atoms with Crippen molar-refractivity contribution in [3.63, 3.8) is 0 Å². The summed E-state index contributed by atoms with van der Waals surface area (Å²) in [6.07, 6.45) is 2.01. The van der Waals surface area contributed by atoms with Crippen molar-refractivity contribution in [2.75, 3.05) is 12.9 Å². The van der Waals surface area contributed by atoms with Crippen molar-refractivity contribution in [3.8, 4) is 0 Å². The SMILES string of the molecule is CSc1n[c]c2ncn(C3O[C@H](CO)[C@@H](O)[C@H]3O)c2n1. The zero-order valence-electron chi connectivity index (χ0n) is 10.5. The average Bonchev–Trinajstić information content (AvgIpc) is 3.01. The summed E-state index contributed by atoms with van der Waals surface area (Å²) in [4.78, 5) is 12.4. The number of thioether (sulfide) groups is 1. The molecule has 8 nitrogen and oxygen atoms in total. The van der Waals surface area contributed by atoms with Crippen LogP contribution >= 0.6 is 11.8 Å². The van der Waals surface area contributed by atoms with E-state index in [1.807, 2.05) is 6.26 Å². The maximum Gasteiger partial charge on any atom is 0.190 e. The number of aliphatic hydroxyl groups is 3. The van der Waals surface area contributed by atoms with Crippen LogP contribution in [0.15, 0.2) is 11.5 Å². The fraction of sp³-hybridized carbons (Fsp3) is 0.545. The number of nitrogens with zero attached hydrogens (tertiary/aromatic N) is 4. The molecule has 1 saturated heterocycles. The molecule has 0 spiro atoms. The molecule has 0 aromatic carbocycles. The number of hydrogen-bond donors (Lipinski definition) is 3. The maximum absolute atomic E-state index is 10.0. The number of aliphatic hydroxyl groups excluding tert-OH is 3. The van der Waals surface area contributed by atoms with Crippen LogP contribution in [0.1, 0.15) is 6.23 Å². The van der Waals surface area contributed by atoms with Gasteiger partial charge in [-0.1, -0.05) is 11.8 Å². The summed E-state index contributed by atoms with van der Waals surface area (Å²) in [6, 6.07) is 0. The molecule has 0 amide bonds. The van der Waals surface area contributed by atoms with Crippen molar-refractivity contribution in [2.45, 2.75) is 29.7 Å². The molecule has 1 aliphatic heterocycles. The first-order chi connectivity index (χ1) is 9.65. The summed E-state index contributed by atoms with van der Waals surface area (Å²) >= 11 is 1.36. The zero-order chi connectivity index (χ0) is 14.3. The third-order valence-corrected chi connectivity index (χ3v) is 3.75. The van der Waals surface area contributed by atoms with Gasteiger partial charge in [0.15, 0.2) is 17.0 Å². The van der Waals surface area contributed by atoms with Crippen LogP contribution in [0.25, 0.3) is 11.2 Å². The van der Waals surface area contributed by atoms with E-state index in [1.165, 1.54) is 22.7 Å². The molecule has 9 heteroatoms. The topological polar surface area (TPSA) is 114 Å². The Morgan fingerprint density at radius 3 is 2.90 bits per heavy atom. The van der Waals surface area contributed by atoms with E-state index in [2.05, 4.69) is 21.1 Å². The molecular weight excluding hydrogens is 284 g/mol. The third-order valence-electron chi connectivity index (χ3n) is 3.20. The van der Waals surface area contributed by atoms with Gasteiger partial charge in [-0.2, -0.15) is 0 Å². The summed E-state index contributed by atoms with van der Waals surface area (Å²) < 4.78 is 6.96. The molecule has 1 aliphatic rings. The van der Waals surface area contributed by atoms with E-state index in [1.54, 1.807) is 0 Å². The lowest BCUT2D eigenvalue weighted by Crippen LogP contribution is -2.33. The second kappa shape index (κ2) is 5.26. The molecule has 1 unspecified atom stereocenters. The standard InChI is InChI=1S/C11H13N4O4S/c1-20-11-12-2-5-9(14-11)15(4-13-5)10-8(18)7(17)6(3-16)19-10/h4,6-8,10,16-18H,3H2,1H3/t6-,7-,8-,10?/m1/s1. The van der Waals surface area contributed by atoms with E-state index in [9.17, 15) is 10.2 Å². The highest BCUT2D eigenvalue weighted by molar-refractivity contribution is 7.98. The van der Waals surface area contributed by atoms with Gasteiger partial charge in [0.05, 0.1) is 12.9 Å². The molecule has 4 atom stereocenters. The molecule has 0 bridgehead atoms. The van der Waals surface area contributed by atoms with Crippen LogP contribution in [0.2, 0.25) is 0 Å². The Balaban J connectivity index is 2.02. The number of ether oxygens (including phenoxy) is 1. The molecular formula is C11H13N4O4S. The van der Waals surface area contributed by atoms with E-state index in [0.717, 1.165) is 0 Å². The van der Waals surface area contributed by atoms with Gasteiger partial charge in [0, 0.05) is 0 Å². The van der Waals surface area contributed by atoms with Gasteiger partial charge in [0.1, 0.15) is 30.0 Å². The minimum atomic E-state index is -1.17. The number of fused-ring (bicyclic) bond motifs is 1. The number of aromatic nitrogens is 4. The van der Waals surface area contributed by atoms with Gasteiger partial charge in [-0.15, -0.1) is 0 Å². The second-order valence-corrected chi connectivity index (χ2v) is 5.15.